The van der Waals surface area contributed by atoms with E-state index in [0.717, 1.165) is 6.42 Å². The summed E-state index contributed by atoms with van der Waals surface area (Å²) >= 11 is 4.97. The van der Waals surface area contributed by atoms with Crippen LogP contribution in [0.15, 0.2) is 22.4 Å². The average molecular weight is 267 g/mol. The van der Waals surface area contributed by atoms with Gasteiger partial charge in [0.1, 0.15) is 5.56 Å². The summed E-state index contributed by atoms with van der Waals surface area (Å²) in [6.07, 6.45) is 3.83. The first-order valence-electron chi connectivity index (χ1n) is 5.71. The molecule has 0 aliphatic carbocycles. The Hall–Kier alpha value is -1.69. The fourth-order valence-electron chi connectivity index (χ4n) is 1.30. The number of aromatic nitrogens is 2. The Balaban J connectivity index is 3.32. The van der Waals surface area contributed by atoms with Crippen LogP contribution in [0.2, 0.25) is 0 Å². The SMILES string of the molecule is C=CCn1c(O)c(C=N[C@@H](C)CC)c(=O)[nH]c1=S. The van der Waals surface area contributed by atoms with Crippen molar-refractivity contribution in [1.82, 2.24) is 9.55 Å². The first kappa shape index (κ1) is 14.4. The van der Waals surface area contributed by atoms with Crippen molar-refractivity contribution in [3.63, 3.8) is 0 Å². The standard InChI is InChI=1S/C12H17N3O2S/c1-4-6-15-11(17)9(7-13-8(3)5-2)10(16)14-12(15)18/h4,7-8,17H,1,5-6H2,2-3H3,(H,14,16,18)/t8-/m0/s1. The number of rotatable bonds is 5. The van der Waals surface area contributed by atoms with Crippen LogP contribution in [0.1, 0.15) is 25.8 Å². The van der Waals surface area contributed by atoms with Gasteiger partial charge in [-0.3, -0.25) is 19.3 Å². The summed E-state index contributed by atoms with van der Waals surface area (Å²) in [7, 11) is 0. The van der Waals surface area contributed by atoms with Gasteiger partial charge in [-0.25, -0.2) is 0 Å². The molecule has 0 amide bonds. The summed E-state index contributed by atoms with van der Waals surface area (Å²) < 4.78 is 1.56. The van der Waals surface area contributed by atoms with Gasteiger partial charge in [-0.2, -0.15) is 0 Å². The second-order valence-corrected chi connectivity index (χ2v) is 4.32. The monoisotopic (exact) mass is 267 g/mol. The smallest absolute Gasteiger partial charge is 0.264 e. The predicted molar refractivity (Wildman–Crippen MR) is 75.1 cm³/mol. The lowest BCUT2D eigenvalue weighted by molar-refractivity contribution is 0.413. The minimum Gasteiger partial charge on any atom is -0.494 e. The Bertz CT molecular complexity index is 572. The second-order valence-electron chi connectivity index (χ2n) is 3.93. The lowest BCUT2D eigenvalue weighted by atomic mass is 10.2. The van der Waals surface area contributed by atoms with Crippen LogP contribution in [0, 0.1) is 4.77 Å². The molecule has 0 unspecified atom stereocenters. The number of H-pyrrole nitrogens is 1. The number of aromatic hydroxyl groups is 1. The highest BCUT2D eigenvalue weighted by atomic mass is 32.1. The van der Waals surface area contributed by atoms with Crippen molar-refractivity contribution in [2.75, 3.05) is 0 Å². The molecular weight excluding hydrogens is 250 g/mol. The molecule has 0 spiro atoms. The van der Waals surface area contributed by atoms with Crippen LogP contribution in [0.4, 0.5) is 0 Å². The summed E-state index contributed by atoms with van der Waals surface area (Å²) in [5.74, 6) is -0.185. The second kappa shape index (κ2) is 6.30. The van der Waals surface area contributed by atoms with Crippen LogP contribution >= 0.6 is 12.2 Å². The van der Waals surface area contributed by atoms with Gasteiger partial charge in [0.15, 0.2) is 4.77 Å². The lowest BCUT2D eigenvalue weighted by Crippen LogP contribution is -2.18. The number of hydrogen-bond acceptors (Lipinski definition) is 4. The zero-order valence-electron chi connectivity index (χ0n) is 10.5. The van der Waals surface area contributed by atoms with E-state index in [1.165, 1.54) is 10.8 Å². The molecule has 1 rings (SSSR count). The molecule has 5 nitrogen and oxygen atoms in total. The third kappa shape index (κ3) is 3.16. The van der Waals surface area contributed by atoms with Crippen molar-refractivity contribution in [3.05, 3.63) is 33.3 Å². The number of allylic oxidation sites excluding steroid dienone is 1. The molecule has 6 heteroatoms. The zero-order valence-corrected chi connectivity index (χ0v) is 11.3. The summed E-state index contributed by atoms with van der Waals surface area (Å²) in [5, 5.41) is 10.0. The molecule has 1 atom stereocenters. The first-order valence-corrected chi connectivity index (χ1v) is 6.12. The largest absolute Gasteiger partial charge is 0.494 e. The minimum absolute atomic E-state index is 0.0971. The fourth-order valence-corrected chi connectivity index (χ4v) is 1.55. The highest BCUT2D eigenvalue weighted by Gasteiger charge is 2.10. The minimum atomic E-state index is -0.440. The van der Waals surface area contributed by atoms with E-state index in [9.17, 15) is 9.90 Å². The summed E-state index contributed by atoms with van der Waals surface area (Å²) in [4.78, 5) is 18.4. The summed E-state index contributed by atoms with van der Waals surface area (Å²) in [6.45, 7) is 7.83. The Labute approximate surface area is 111 Å². The van der Waals surface area contributed by atoms with Crippen LogP contribution in [-0.4, -0.2) is 26.9 Å². The number of aliphatic imine (C=N–C) groups is 1. The molecule has 0 aromatic carbocycles. The van der Waals surface area contributed by atoms with Crippen molar-refractivity contribution in [3.8, 4) is 5.88 Å². The van der Waals surface area contributed by atoms with Crippen molar-refractivity contribution in [2.45, 2.75) is 32.9 Å². The molecule has 98 valence electrons. The average Bonchev–Trinajstić information content (AvgIpc) is 2.33. The number of nitrogens with one attached hydrogen (secondary N) is 1. The molecule has 1 heterocycles. The summed E-state index contributed by atoms with van der Waals surface area (Å²) in [5.41, 5.74) is -0.324. The maximum Gasteiger partial charge on any atom is 0.264 e. The quantitative estimate of drug-likeness (QED) is 0.487. The van der Waals surface area contributed by atoms with Crippen LogP contribution < -0.4 is 5.56 Å². The number of hydrogen-bond donors (Lipinski definition) is 2. The highest BCUT2D eigenvalue weighted by Crippen LogP contribution is 2.11. The van der Waals surface area contributed by atoms with E-state index in [1.807, 2.05) is 13.8 Å². The van der Waals surface area contributed by atoms with Crippen molar-refractivity contribution < 1.29 is 5.11 Å². The van der Waals surface area contributed by atoms with Gasteiger partial charge >= 0.3 is 0 Å². The molecule has 0 aliphatic rings. The molecule has 1 aromatic rings. The lowest BCUT2D eigenvalue weighted by Gasteiger charge is -2.08. The van der Waals surface area contributed by atoms with Crippen LogP contribution in [0.3, 0.4) is 0 Å². The number of nitrogens with zero attached hydrogens (tertiary/aromatic N) is 2. The molecule has 0 radical (unpaired) electrons. The Kier molecular flexibility index (Phi) is 5.03. The maximum atomic E-state index is 11.7. The van der Waals surface area contributed by atoms with Gasteiger partial charge in [0, 0.05) is 18.8 Å². The summed E-state index contributed by atoms with van der Waals surface area (Å²) in [6, 6.07) is 0.0971. The van der Waals surface area contributed by atoms with E-state index in [0.29, 0.717) is 6.54 Å². The van der Waals surface area contributed by atoms with Gasteiger partial charge in [-0.05, 0) is 25.6 Å². The molecule has 18 heavy (non-hydrogen) atoms. The molecule has 0 bridgehead atoms. The van der Waals surface area contributed by atoms with E-state index >= 15 is 0 Å². The van der Waals surface area contributed by atoms with Crippen LogP contribution in [-0.2, 0) is 6.54 Å². The van der Waals surface area contributed by atoms with E-state index in [-0.39, 0.29) is 22.3 Å². The van der Waals surface area contributed by atoms with Gasteiger partial charge in [0.25, 0.3) is 5.56 Å². The van der Waals surface area contributed by atoms with E-state index in [4.69, 9.17) is 12.2 Å². The zero-order chi connectivity index (χ0) is 13.7. The fraction of sp³-hybridized carbons (Fsp3) is 0.417. The topological polar surface area (TPSA) is 70.4 Å². The van der Waals surface area contributed by atoms with Crippen molar-refractivity contribution >= 4 is 18.4 Å². The third-order valence-corrected chi connectivity index (χ3v) is 2.89. The molecule has 0 saturated heterocycles. The first-order chi connectivity index (χ1) is 8.51. The Morgan fingerprint density at radius 2 is 2.33 bits per heavy atom. The van der Waals surface area contributed by atoms with Crippen molar-refractivity contribution in [2.24, 2.45) is 4.99 Å². The normalized spacial score (nSPS) is 12.8. The van der Waals surface area contributed by atoms with E-state index < -0.39 is 5.56 Å². The Morgan fingerprint density at radius 1 is 1.67 bits per heavy atom. The third-order valence-electron chi connectivity index (χ3n) is 2.57. The number of aromatic amines is 1. The van der Waals surface area contributed by atoms with Gasteiger partial charge in [0.05, 0.1) is 0 Å². The molecule has 0 fully saturated rings. The predicted octanol–water partition coefficient (Wildman–Crippen LogP) is 2.01. The van der Waals surface area contributed by atoms with Crippen LogP contribution in [0.5, 0.6) is 5.88 Å². The van der Waals surface area contributed by atoms with Gasteiger partial charge < -0.3 is 5.11 Å². The van der Waals surface area contributed by atoms with Crippen molar-refractivity contribution in [1.29, 1.82) is 0 Å². The molecule has 2 N–H and O–H groups in total. The molecule has 0 saturated carbocycles. The molecular formula is C12H17N3O2S. The Morgan fingerprint density at radius 3 is 2.89 bits per heavy atom. The van der Waals surface area contributed by atoms with Gasteiger partial charge in [0.2, 0.25) is 5.88 Å². The van der Waals surface area contributed by atoms with E-state index in [1.54, 1.807) is 6.08 Å². The highest BCUT2D eigenvalue weighted by molar-refractivity contribution is 7.71. The van der Waals surface area contributed by atoms with E-state index in [2.05, 4.69) is 16.6 Å². The van der Waals surface area contributed by atoms with Gasteiger partial charge in [-0.15, -0.1) is 6.58 Å². The van der Waals surface area contributed by atoms with Crippen LogP contribution in [0.25, 0.3) is 0 Å². The van der Waals surface area contributed by atoms with Gasteiger partial charge in [-0.1, -0.05) is 13.0 Å². The molecule has 0 aliphatic heterocycles. The molecule has 1 aromatic heterocycles. The maximum absolute atomic E-state index is 11.7.